The molecular formula is C16H21NO. The topological polar surface area (TPSA) is 25.2 Å². The summed E-state index contributed by atoms with van der Waals surface area (Å²) in [6.07, 6.45) is 2.90. The Labute approximate surface area is 109 Å². The Morgan fingerprint density at radius 3 is 2.44 bits per heavy atom. The standard InChI is InChI=1S/C16H21NO/c1-13(2)10-11-17-16(15-9-6-12-18-15)14-7-4-3-5-8-14/h3-9,12-13,16-17H,10-11H2,1-2H3. The molecule has 1 unspecified atom stereocenters. The summed E-state index contributed by atoms with van der Waals surface area (Å²) in [6.45, 7) is 5.48. The summed E-state index contributed by atoms with van der Waals surface area (Å²) in [5.74, 6) is 1.69. The van der Waals surface area contributed by atoms with Gasteiger partial charge in [-0.15, -0.1) is 0 Å². The molecule has 0 aliphatic carbocycles. The molecule has 0 radical (unpaired) electrons. The maximum Gasteiger partial charge on any atom is 0.125 e. The smallest absolute Gasteiger partial charge is 0.125 e. The van der Waals surface area contributed by atoms with E-state index in [-0.39, 0.29) is 6.04 Å². The summed E-state index contributed by atoms with van der Waals surface area (Å²) in [6, 6.07) is 14.6. The zero-order chi connectivity index (χ0) is 12.8. The third-order valence-electron chi connectivity index (χ3n) is 3.03. The first-order chi connectivity index (χ1) is 8.77. The number of rotatable bonds is 6. The normalized spacial score (nSPS) is 12.8. The van der Waals surface area contributed by atoms with Gasteiger partial charge in [0, 0.05) is 0 Å². The third-order valence-corrected chi connectivity index (χ3v) is 3.03. The Morgan fingerprint density at radius 1 is 1.06 bits per heavy atom. The van der Waals surface area contributed by atoms with Gasteiger partial charge in [0.1, 0.15) is 5.76 Å². The molecule has 1 aromatic heterocycles. The summed E-state index contributed by atoms with van der Waals surface area (Å²) in [7, 11) is 0. The van der Waals surface area contributed by atoms with E-state index in [1.54, 1.807) is 6.26 Å². The molecule has 2 rings (SSSR count). The van der Waals surface area contributed by atoms with Gasteiger partial charge in [-0.2, -0.15) is 0 Å². The molecule has 0 aliphatic rings. The van der Waals surface area contributed by atoms with Crippen LogP contribution in [0, 0.1) is 5.92 Å². The molecule has 2 aromatic rings. The van der Waals surface area contributed by atoms with Crippen LogP contribution >= 0.6 is 0 Å². The van der Waals surface area contributed by atoms with Crippen molar-refractivity contribution in [3.63, 3.8) is 0 Å². The first-order valence-electron chi connectivity index (χ1n) is 6.59. The van der Waals surface area contributed by atoms with Gasteiger partial charge >= 0.3 is 0 Å². The molecule has 0 spiro atoms. The van der Waals surface area contributed by atoms with Gasteiger partial charge in [-0.3, -0.25) is 0 Å². The highest BCUT2D eigenvalue weighted by atomic mass is 16.3. The molecular weight excluding hydrogens is 222 g/mol. The van der Waals surface area contributed by atoms with Gasteiger partial charge in [0.15, 0.2) is 0 Å². The van der Waals surface area contributed by atoms with E-state index < -0.39 is 0 Å². The van der Waals surface area contributed by atoms with Gasteiger partial charge in [0.2, 0.25) is 0 Å². The van der Waals surface area contributed by atoms with E-state index in [1.165, 1.54) is 12.0 Å². The van der Waals surface area contributed by atoms with Crippen molar-refractivity contribution < 1.29 is 4.42 Å². The van der Waals surface area contributed by atoms with E-state index in [2.05, 4.69) is 43.4 Å². The van der Waals surface area contributed by atoms with Crippen LogP contribution in [0.2, 0.25) is 0 Å². The minimum atomic E-state index is 0.153. The second kappa shape index (κ2) is 6.41. The van der Waals surface area contributed by atoms with Crippen LogP contribution in [0.5, 0.6) is 0 Å². The molecule has 18 heavy (non-hydrogen) atoms. The first-order valence-corrected chi connectivity index (χ1v) is 6.59. The highest BCUT2D eigenvalue weighted by Crippen LogP contribution is 2.22. The molecule has 0 bridgehead atoms. The van der Waals surface area contributed by atoms with E-state index in [4.69, 9.17) is 4.42 Å². The average molecular weight is 243 g/mol. The van der Waals surface area contributed by atoms with Crippen molar-refractivity contribution >= 4 is 0 Å². The van der Waals surface area contributed by atoms with Crippen LogP contribution in [0.4, 0.5) is 0 Å². The van der Waals surface area contributed by atoms with Crippen LogP contribution in [0.25, 0.3) is 0 Å². The first kappa shape index (κ1) is 12.9. The second-order valence-electron chi connectivity index (χ2n) is 5.00. The average Bonchev–Trinajstić information content (AvgIpc) is 2.89. The summed E-state index contributed by atoms with van der Waals surface area (Å²) in [5.41, 5.74) is 1.25. The number of nitrogens with one attached hydrogen (secondary N) is 1. The van der Waals surface area contributed by atoms with E-state index in [9.17, 15) is 0 Å². The molecule has 0 amide bonds. The Bertz CT molecular complexity index is 433. The van der Waals surface area contributed by atoms with Crippen molar-refractivity contribution in [2.24, 2.45) is 5.92 Å². The van der Waals surface area contributed by atoms with Crippen molar-refractivity contribution in [1.29, 1.82) is 0 Å². The Balaban J connectivity index is 2.09. The van der Waals surface area contributed by atoms with Crippen LogP contribution in [0.15, 0.2) is 53.1 Å². The van der Waals surface area contributed by atoms with Crippen LogP contribution < -0.4 is 5.32 Å². The molecule has 1 aromatic carbocycles. The Morgan fingerprint density at radius 2 is 1.83 bits per heavy atom. The lowest BCUT2D eigenvalue weighted by atomic mass is 10.0. The largest absolute Gasteiger partial charge is 0.467 e. The highest BCUT2D eigenvalue weighted by molar-refractivity contribution is 5.26. The Hall–Kier alpha value is -1.54. The molecule has 2 heteroatoms. The number of benzene rings is 1. The number of furan rings is 1. The lowest BCUT2D eigenvalue weighted by molar-refractivity contribution is 0.431. The molecule has 1 heterocycles. The van der Waals surface area contributed by atoms with Crippen LogP contribution in [0.1, 0.15) is 37.6 Å². The molecule has 0 aliphatic heterocycles. The van der Waals surface area contributed by atoms with Gasteiger partial charge in [0.05, 0.1) is 12.3 Å². The van der Waals surface area contributed by atoms with E-state index in [1.807, 2.05) is 18.2 Å². The zero-order valence-corrected chi connectivity index (χ0v) is 11.1. The van der Waals surface area contributed by atoms with Gasteiger partial charge in [0.25, 0.3) is 0 Å². The van der Waals surface area contributed by atoms with Gasteiger partial charge in [-0.1, -0.05) is 44.2 Å². The molecule has 0 saturated heterocycles. The monoisotopic (exact) mass is 243 g/mol. The zero-order valence-electron chi connectivity index (χ0n) is 11.1. The maximum absolute atomic E-state index is 5.55. The van der Waals surface area contributed by atoms with Crippen LogP contribution in [0.3, 0.4) is 0 Å². The minimum Gasteiger partial charge on any atom is -0.467 e. The molecule has 96 valence electrons. The summed E-state index contributed by atoms with van der Waals surface area (Å²) >= 11 is 0. The van der Waals surface area contributed by atoms with Crippen molar-refractivity contribution in [3.05, 3.63) is 60.1 Å². The fraction of sp³-hybridized carbons (Fsp3) is 0.375. The summed E-state index contributed by atoms with van der Waals surface area (Å²) in [5, 5.41) is 3.58. The van der Waals surface area contributed by atoms with Crippen molar-refractivity contribution in [2.75, 3.05) is 6.54 Å². The van der Waals surface area contributed by atoms with Crippen molar-refractivity contribution in [1.82, 2.24) is 5.32 Å². The fourth-order valence-corrected chi connectivity index (χ4v) is 2.00. The minimum absolute atomic E-state index is 0.153. The Kier molecular flexibility index (Phi) is 4.59. The molecule has 1 N–H and O–H groups in total. The predicted molar refractivity (Wildman–Crippen MR) is 74.5 cm³/mol. The van der Waals surface area contributed by atoms with E-state index in [0.717, 1.165) is 12.3 Å². The lowest BCUT2D eigenvalue weighted by Crippen LogP contribution is -2.24. The SMILES string of the molecule is CC(C)CCNC(c1ccccc1)c1ccco1. The van der Waals surface area contributed by atoms with E-state index >= 15 is 0 Å². The predicted octanol–water partition coefficient (Wildman–Crippen LogP) is 4.00. The second-order valence-corrected chi connectivity index (χ2v) is 5.00. The third kappa shape index (κ3) is 3.47. The van der Waals surface area contributed by atoms with Crippen molar-refractivity contribution in [2.45, 2.75) is 26.3 Å². The summed E-state index contributed by atoms with van der Waals surface area (Å²) < 4.78 is 5.55. The summed E-state index contributed by atoms with van der Waals surface area (Å²) in [4.78, 5) is 0. The lowest BCUT2D eigenvalue weighted by Gasteiger charge is -2.17. The van der Waals surface area contributed by atoms with Crippen molar-refractivity contribution in [3.8, 4) is 0 Å². The quantitative estimate of drug-likeness (QED) is 0.829. The molecule has 2 nitrogen and oxygen atoms in total. The molecule has 0 saturated carbocycles. The fourth-order valence-electron chi connectivity index (χ4n) is 2.00. The molecule has 1 atom stereocenters. The van der Waals surface area contributed by atoms with Gasteiger partial charge in [-0.25, -0.2) is 0 Å². The maximum atomic E-state index is 5.55. The van der Waals surface area contributed by atoms with Gasteiger partial charge < -0.3 is 9.73 Å². The molecule has 0 fully saturated rings. The van der Waals surface area contributed by atoms with Crippen LogP contribution in [-0.4, -0.2) is 6.54 Å². The number of hydrogen-bond acceptors (Lipinski definition) is 2. The highest BCUT2D eigenvalue weighted by Gasteiger charge is 2.15. The van der Waals surface area contributed by atoms with E-state index in [0.29, 0.717) is 5.92 Å². The van der Waals surface area contributed by atoms with Gasteiger partial charge in [-0.05, 0) is 36.6 Å². The number of hydrogen-bond donors (Lipinski definition) is 1. The van der Waals surface area contributed by atoms with Crippen LogP contribution in [-0.2, 0) is 0 Å².